The number of carbonyl (C=O) groups is 1. The molecule has 0 fully saturated rings. The van der Waals surface area contributed by atoms with E-state index in [-0.39, 0.29) is 11.1 Å². The van der Waals surface area contributed by atoms with Crippen molar-refractivity contribution in [3.05, 3.63) is 41.8 Å². The van der Waals surface area contributed by atoms with Gasteiger partial charge in [0.05, 0.1) is 5.56 Å². The number of pyridine rings is 1. The van der Waals surface area contributed by atoms with E-state index in [9.17, 15) is 9.18 Å². The fraction of sp³-hybridized carbons (Fsp3) is 0. The van der Waals surface area contributed by atoms with Crippen LogP contribution in [0.1, 0.15) is 10.4 Å². The summed E-state index contributed by atoms with van der Waals surface area (Å²) in [6.07, 6.45) is 1.15. The highest BCUT2D eigenvalue weighted by Gasteiger charge is 2.06. The minimum Gasteiger partial charge on any atom is -0.478 e. The Morgan fingerprint density at radius 3 is 2.93 bits per heavy atom. The molecule has 0 aliphatic rings. The van der Waals surface area contributed by atoms with Crippen molar-refractivity contribution >= 4 is 16.9 Å². The van der Waals surface area contributed by atoms with Gasteiger partial charge in [0.2, 0.25) is 0 Å². The van der Waals surface area contributed by atoms with Gasteiger partial charge in [0.1, 0.15) is 11.3 Å². The van der Waals surface area contributed by atoms with E-state index >= 15 is 0 Å². The van der Waals surface area contributed by atoms with E-state index in [4.69, 9.17) is 5.11 Å². The average Bonchev–Trinajstić information content (AvgIpc) is 2.17. The zero-order valence-corrected chi connectivity index (χ0v) is 7.07. The number of nitrogens with zero attached hydrogens (tertiary/aromatic N) is 1. The fourth-order valence-corrected chi connectivity index (χ4v) is 1.24. The van der Waals surface area contributed by atoms with Gasteiger partial charge in [-0.25, -0.2) is 9.18 Å². The molecule has 0 aliphatic heterocycles. The smallest absolute Gasteiger partial charge is 0.337 e. The summed E-state index contributed by atoms with van der Waals surface area (Å²) in [4.78, 5) is 14.3. The maximum Gasteiger partial charge on any atom is 0.337 e. The average molecular weight is 191 g/mol. The number of rotatable bonds is 1. The van der Waals surface area contributed by atoms with Crippen LogP contribution in [0, 0.1) is 5.82 Å². The van der Waals surface area contributed by atoms with Gasteiger partial charge in [0.15, 0.2) is 0 Å². The standard InChI is InChI=1S/C10H6FNO2/c11-8-3-1-2-6-4-7(10(13)14)5-12-9(6)8/h1-5H,(H,13,14). The number of carboxylic acids is 1. The van der Waals surface area contributed by atoms with Gasteiger partial charge in [-0.05, 0) is 12.1 Å². The van der Waals surface area contributed by atoms with Crippen molar-refractivity contribution in [3.63, 3.8) is 0 Å². The third-order valence-electron chi connectivity index (χ3n) is 1.91. The van der Waals surface area contributed by atoms with Crippen molar-refractivity contribution in [1.29, 1.82) is 0 Å². The molecule has 1 N–H and O–H groups in total. The van der Waals surface area contributed by atoms with Crippen molar-refractivity contribution in [2.24, 2.45) is 0 Å². The highest BCUT2D eigenvalue weighted by Crippen LogP contribution is 2.16. The van der Waals surface area contributed by atoms with Crippen molar-refractivity contribution < 1.29 is 14.3 Å². The molecule has 0 amide bonds. The number of carboxylic acid groups (broad SMARTS) is 1. The van der Waals surface area contributed by atoms with Gasteiger partial charge in [-0.2, -0.15) is 0 Å². The summed E-state index contributed by atoms with van der Waals surface area (Å²) < 4.78 is 13.1. The first-order valence-corrected chi connectivity index (χ1v) is 3.96. The van der Waals surface area contributed by atoms with E-state index in [2.05, 4.69) is 4.98 Å². The molecule has 1 heterocycles. The molecule has 2 rings (SSSR count). The first-order chi connectivity index (χ1) is 6.68. The Morgan fingerprint density at radius 1 is 1.43 bits per heavy atom. The van der Waals surface area contributed by atoms with E-state index in [1.807, 2.05) is 0 Å². The highest BCUT2D eigenvalue weighted by atomic mass is 19.1. The quantitative estimate of drug-likeness (QED) is 0.750. The van der Waals surface area contributed by atoms with Crippen LogP contribution in [-0.2, 0) is 0 Å². The van der Waals surface area contributed by atoms with Crippen molar-refractivity contribution in [2.75, 3.05) is 0 Å². The van der Waals surface area contributed by atoms with Crippen LogP contribution in [0.25, 0.3) is 10.9 Å². The zero-order chi connectivity index (χ0) is 10.1. The largest absolute Gasteiger partial charge is 0.478 e. The number of benzene rings is 1. The number of halogens is 1. The molecule has 0 saturated carbocycles. The summed E-state index contributed by atoms with van der Waals surface area (Å²) in [5, 5.41) is 9.17. The van der Waals surface area contributed by atoms with Crippen LogP contribution in [-0.4, -0.2) is 16.1 Å². The number of fused-ring (bicyclic) bond motifs is 1. The van der Waals surface area contributed by atoms with Crippen LogP contribution < -0.4 is 0 Å². The lowest BCUT2D eigenvalue weighted by atomic mass is 10.1. The van der Waals surface area contributed by atoms with E-state index in [0.29, 0.717) is 5.39 Å². The molecule has 0 unspecified atom stereocenters. The maximum atomic E-state index is 13.1. The Bertz CT molecular complexity index is 510. The lowest BCUT2D eigenvalue weighted by Crippen LogP contribution is -1.97. The second-order valence-corrected chi connectivity index (χ2v) is 2.84. The molecule has 0 spiro atoms. The molecular weight excluding hydrogens is 185 g/mol. The Balaban J connectivity index is 2.73. The summed E-state index contributed by atoms with van der Waals surface area (Å²) in [6, 6.07) is 5.83. The van der Waals surface area contributed by atoms with Crippen LogP contribution >= 0.6 is 0 Å². The number of aromatic nitrogens is 1. The van der Waals surface area contributed by atoms with E-state index in [1.54, 1.807) is 6.07 Å². The minimum absolute atomic E-state index is 0.0584. The first kappa shape index (κ1) is 8.62. The fourth-order valence-electron chi connectivity index (χ4n) is 1.24. The van der Waals surface area contributed by atoms with Crippen LogP contribution in [0.5, 0.6) is 0 Å². The van der Waals surface area contributed by atoms with Crippen molar-refractivity contribution in [3.8, 4) is 0 Å². The topological polar surface area (TPSA) is 50.2 Å². The third kappa shape index (κ3) is 1.31. The molecule has 1 aromatic heterocycles. The number of hydrogen-bond donors (Lipinski definition) is 1. The molecule has 4 heteroatoms. The van der Waals surface area contributed by atoms with Gasteiger partial charge in [0, 0.05) is 11.6 Å². The van der Waals surface area contributed by atoms with Crippen LogP contribution in [0.15, 0.2) is 30.5 Å². The van der Waals surface area contributed by atoms with Gasteiger partial charge in [-0.1, -0.05) is 12.1 Å². The number of para-hydroxylation sites is 1. The van der Waals surface area contributed by atoms with Crippen LogP contribution in [0.3, 0.4) is 0 Å². The van der Waals surface area contributed by atoms with Crippen LogP contribution in [0.4, 0.5) is 4.39 Å². The lowest BCUT2D eigenvalue weighted by Gasteiger charge is -1.99. The predicted molar refractivity (Wildman–Crippen MR) is 48.7 cm³/mol. The van der Waals surface area contributed by atoms with Gasteiger partial charge >= 0.3 is 5.97 Å². The van der Waals surface area contributed by atoms with Gasteiger partial charge < -0.3 is 5.11 Å². The van der Waals surface area contributed by atoms with E-state index in [1.165, 1.54) is 18.2 Å². The van der Waals surface area contributed by atoms with Gasteiger partial charge in [-0.3, -0.25) is 4.98 Å². The summed E-state index contributed by atoms with van der Waals surface area (Å²) >= 11 is 0. The molecule has 3 nitrogen and oxygen atoms in total. The second-order valence-electron chi connectivity index (χ2n) is 2.84. The third-order valence-corrected chi connectivity index (χ3v) is 1.91. The molecule has 0 radical (unpaired) electrons. The van der Waals surface area contributed by atoms with Gasteiger partial charge in [0.25, 0.3) is 0 Å². The second kappa shape index (κ2) is 3.06. The summed E-state index contributed by atoms with van der Waals surface area (Å²) in [7, 11) is 0. The Hall–Kier alpha value is -1.97. The van der Waals surface area contributed by atoms with E-state index < -0.39 is 11.8 Å². The first-order valence-electron chi connectivity index (χ1n) is 3.96. The van der Waals surface area contributed by atoms with E-state index in [0.717, 1.165) is 6.20 Å². The summed E-state index contributed by atoms with van der Waals surface area (Å²) in [5.41, 5.74) is 0.251. The molecule has 0 bridgehead atoms. The highest BCUT2D eigenvalue weighted by molar-refractivity contribution is 5.92. The Labute approximate surface area is 78.8 Å². The molecule has 70 valence electrons. The van der Waals surface area contributed by atoms with Crippen LogP contribution in [0.2, 0.25) is 0 Å². The Morgan fingerprint density at radius 2 is 2.21 bits per heavy atom. The molecule has 0 saturated heterocycles. The molecule has 0 atom stereocenters. The monoisotopic (exact) mass is 191 g/mol. The summed E-state index contributed by atoms with van der Waals surface area (Å²) in [5.74, 6) is -1.51. The molecule has 14 heavy (non-hydrogen) atoms. The van der Waals surface area contributed by atoms with Crippen molar-refractivity contribution in [2.45, 2.75) is 0 Å². The van der Waals surface area contributed by atoms with Crippen molar-refractivity contribution in [1.82, 2.24) is 4.98 Å². The molecule has 0 aliphatic carbocycles. The number of aromatic carboxylic acids is 1. The minimum atomic E-state index is -1.07. The lowest BCUT2D eigenvalue weighted by molar-refractivity contribution is 0.0696. The SMILES string of the molecule is O=C(O)c1cnc2c(F)cccc2c1. The summed E-state index contributed by atoms with van der Waals surface area (Å²) in [6.45, 7) is 0. The predicted octanol–water partition coefficient (Wildman–Crippen LogP) is 2.07. The molecule has 2 aromatic rings. The molecular formula is C10H6FNO2. The number of hydrogen-bond acceptors (Lipinski definition) is 2. The van der Waals surface area contributed by atoms with Gasteiger partial charge in [-0.15, -0.1) is 0 Å². The Kier molecular flexibility index (Phi) is 1.89. The molecule has 1 aromatic carbocycles. The maximum absolute atomic E-state index is 13.1. The zero-order valence-electron chi connectivity index (χ0n) is 7.07. The normalized spacial score (nSPS) is 10.4.